The Bertz CT molecular complexity index is 267. The minimum Gasteiger partial charge on any atom is -0.370 e. The number of nitrogens with zero attached hydrogens (tertiary/aromatic N) is 2. The number of hydrogen-bond donors (Lipinski definition) is 3. The Kier molecular flexibility index (Phi) is 3.94. The van der Waals surface area contributed by atoms with Gasteiger partial charge in [0.25, 0.3) is 0 Å². The van der Waals surface area contributed by atoms with Gasteiger partial charge in [0.05, 0.1) is 6.04 Å². The van der Waals surface area contributed by atoms with Gasteiger partial charge in [0.1, 0.15) is 0 Å². The van der Waals surface area contributed by atoms with Crippen LogP contribution in [0.4, 0.5) is 0 Å². The van der Waals surface area contributed by atoms with Gasteiger partial charge in [-0.3, -0.25) is 0 Å². The summed E-state index contributed by atoms with van der Waals surface area (Å²) < 4.78 is 0. The zero-order valence-corrected chi connectivity index (χ0v) is 9.48. The molecule has 0 aromatic carbocycles. The fraction of sp³-hybridized carbons (Fsp3) is 0.800. The molecule has 1 aliphatic carbocycles. The highest BCUT2D eigenvalue weighted by Crippen LogP contribution is 2.35. The molecule has 86 valence electrons. The molecule has 0 radical (unpaired) electrons. The van der Waals surface area contributed by atoms with Gasteiger partial charge >= 0.3 is 0 Å². The van der Waals surface area contributed by atoms with E-state index in [-0.39, 0.29) is 18.0 Å². The third-order valence-corrected chi connectivity index (χ3v) is 3.25. The first-order valence-corrected chi connectivity index (χ1v) is 5.47. The summed E-state index contributed by atoms with van der Waals surface area (Å²) >= 11 is 0. The maximum Gasteiger partial charge on any atom is 0.218 e. The van der Waals surface area contributed by atoms with Gasteiger partial charge in [0.15, 0.2) is 5.96 Å². The lowest BCUT2D eigenvalue weighted by atomic mass is 9.94. The average Bonchev–Trinajstić information content (AvgIpc) is 2.46. The molecule has 0 aromatic heterocycles. The fourth-order valence-electron chi connectivity index (χ4n) is 2.31. The van der Waals surface area contributed by atoms with E-state index < -0.39 is 0 Å². The molecule has 0 bridgehead atoms. The lowest BCUT2D eigenvalue weighted by Gasteiger charge is -2.16. The van der Waals surface area contributed by atoms with Crippen molar-refractivity contribution < 1.29 is 0 Å². The Morgan fingerprint density at radius 2 is 1.93 bits per heavy atom. The second-order valence-corrected chi connectivity index (χ2v) is 4.20. The van der Waals surface area contributed by atoms with Gasteiger partial charge in [0.2, 0.25) is 5.96 Å². The smallest absolute Gasteiger partial charge is 0.218 e. The molecule has 0 spiro atoms. The molecule has 0 heterocycles. The Balaban J connectivity index is 2.63. The van der Waals surface area contributed by atoms with E-state index in [1.807, 2.05) is 0 Å². The molecule has 6 N–H and O–H groups in total. The minimum absolute atomic E-state index is 0.0334. The van der Waals surface area contributed by atoms with Gasteiger partial charge in [-0.05, 0) is 24.7 Å². The largest absolute Gasteiger partial charge is 0.370 e. The van der Waals surface area contributed by atoms with Crippen LogP contribution in [0.25, 0.3) is 0 Å². The van der Waals surface area contributed by atoms with E-state index in [0.29, 0.717) is 5.92 Å². The number of guanidine groups is 2. The molecule has 1 aliphatic rings. The zero-order valence-electron chi connectivity index (χ0n) is 9.48. The highest BCUT2D eigenvalue weighted by molar-refractivity contribution is 5.92. The molecule has 3 unspecified atom stereocenters. The van der Waals surface area contributed by atoms with E-state index in [0.717, 1.165) is 12.3 Å². The van der Waals surface area contributed by atoms with Gasteiger partial charge in [0, 0.05) is 0 Å². The van der Waals surface area contributed by atoms with Gasteiger partial charge in [-0.2, -0.15) is 4.99 Å². The van der Waals surface area contributed by atoms with Crippen LogP contribution in [0.5, 0.6) is 0 Å². The third kappa shape index (κ3) is 3.11. The van der Waals surface area contributed by atoms with Crippen molar-refractivity contribution in [1.82, 2.24) is 0 Å². The van der Waals surface area contributed by atoms with E-state index in [1.54, 1.807) is 0 Å². The van der Waals surface area contributed by atoms with Crippen LogP contribution in [0.1, 0.15) is 33.1 Å². The summed E-state index contributed by atoms with van der Waals surface area (Å²) in [6, 6.07) is 0.276. The van der Waals surface area contributed by atoms with Crippen molar-refractivity contribution in [3.05, 3.63) is 0 Å². The van der Waals surface area contributed by atoms with Crippen LogP contribution in [-0.4, -0.2) is 18.0 Å². The fourth-order valence-corrected chi connectivity index (χ4v) is 2.31. The first kappa shape index (κ1) is 11.8. The first-order valence-electron chi connectivity index (χ1n) is 5.47. The Hall–Kier alpha value is -1.26. The van der Waals surface area contributed by atoms with Gasteiger partial charge < -0.3 is 17.2 Å². The summed E-state index contributed by atoms with van der Waals surface area (Å²) in [6.45, 7) is 4.44. The summed E-state index contributed by atoms with van der Waals surface area (Å²) in [4.78, 5) is 8.07. The van der Waals surface area contributed by atoms with Crippen molar-refractivity contribution in [3.63, 3.8) is 0 Å². The lowest BCUT2D eigenvalue weighted by molar-refractivity contribution is 0.383. The molecule has 1 fully saturated rings. The molecule has 1 saturated carbocycles. The van der Waals surface area contributed by atoms with Crippen LogP contribution in [0, 0.1) is 11.8 Å². The maximum atomic E-state index is 5.61. The predicted molar refractivity (Wildman–Crippen MR) is 63.4 cm³/mol. The number of hydrogen-bond acceptors (Lipinski definition) is 1. The lowest BCUT2D eigenvalue weighted by Crippen LogP contribution is -2.27. The molecule has 0 aromatic rings. The van der Waals surface area contributed by atoms with Gasteiger partial charge in [-0.25, -0.2) is 4.99 Å². The Morgan fingerprint density at radius 1 is 1.27 bits per heavy atom. The molecular formula is C10H21N5. The maximum absolute atomic E-state index is 5.61. The second kappa shape index (κ2) is 5.00. The van der Waals surface area contributed by atoms with Crippen LogP contribution >= 0.6 is 0 Å². The van der Waals surface area contributed by atoms with Crippen molar-refractivity contribution in [3.8, 4) is 0 Å². The normalized spacial score (nSPS) is 31.6. The van der Waals surface area contributed by atoms with Crippen molar-refractivity contribution >= 4 is 11.9 Å². The molecule has 3 atom stereocenters. The summed E-state index contributed by atoms with van der Waals surface area (Å²) in [5.41, 5.74) is 16.1. The first-order chi connectivity index (χ1) is 7.04. The summed E-state index contributed by atoms with van der Waals surface area (Å²) in [5, 5.41) is 0. The molecule has 5 nitrogen and oxygen atoms in total. The minimum atomic E-state index is -0.0334. The molecule has 15 heavy (non-hydrogen) atoms. The van der Waals surface area contributed by atoms with Crippen LogP contribution < -0.4 is 17.2 Å². The van der Waals surface area contributed by atoms with Gasteiger partial charge in [-0.1, -0.05) is 20.3 Å². The molecule has 0 amide bonds. The van der Waals surface area contributed by atoms with E-state index in [9.17, 15) is 0 Å². The molecule has 1 rings (SSSR count). The van der Waals surface area contributed by atoms with E-state index in [4.69, 9.17) is 17.2 Å². The average molecular weight is 211 g/mol. The van der Waals surface area contributed by atoms with Gasteiger partial charge in [-0.15, -0.1) is 0 Å². The monoisotopic (exact) mass is 211 g/mol. The molecular weight excluding hydrogens is 190 g/mol. The van der Waals surface area contributed by atoms with Crippen LogP contribution in [-0.2, 0) is 0 Å². The van der Waals surface area contributed by atoms with Crippen molar-refractivity contribution in [2.75, 3.05) is 0 Å². The Morgan fingerprint density at radius 3 is 2.40 bits per heavy atom. The number of aliphatic imine (C=N–C) groups is 2. The van der Waals surface area contributed by atoms with E-state index in [2.05, 4.69) is 23.8 Å². The van der Waals surface area contributed by atoms with E-state index >= 15 is 0 Å². The predicted octanol–water partition coefficient (Wildman–Crippen LogP) is 0.399. The summed E-state index contributed by atoms with van der Waals surface area (Å²) in [7, 11) is 0. The van der Waals surface area contributed by atoms with Crippen molar-refractivity contribution in [1.29, 1.82) is 0 Å². The quantitative estimate of drug-likeness (QED) is 0.455. The topological polar surface area (TPSA) is 103 Å². The second-order valence-electron chi connectivity index (χ2n) is 4.20. The number of rotatable bonds is 2. The standard InChI is InChI=1S/C10H21N5/c1-3-7-4-5-8(6(7)2)14-10(13)15-9(11)12/h6-8H,3-5H2,1-2H3,(H6,11,12,13,14,15). The van der Waals surface area contributed by atoms with Crippen molar-refractivity contribution in [2.45, 2.75) is 39.2 Å². The zero-order chi connectivity index (χ0) is 11.4. The third-order valence-electron chi connectivity index (χ3n) is 3.25. The summed E-state index contributed by atoms with van der Waals surface area (Å²) in [6.07, 6.45) is 3.51. The SMILES string of the molecule is CCC1CCC(N=C(N)N=C(N)N)C1C. The highest BCUT2D eigenvalue weighted by atomic mass is 15.1. The van der Waals surface area contributed by atoms with Crippen LogP contribution in [0.15, 0.2) is 9.98 Å². The molecule has 0 aliphatic heterocycles. The van der Waals surface area contributed by atoms with Crippen LogP contribution in [0.2, 0.25) is 0 Å². The Labute approximate surface area is 90.8 Å². The van der Waals surface area contributed by atoms with Crippen molar-refractivity contribution in [2.24, 2.45) is 39.0 Å². The number of nitrogens with two attached hydrogens (primary N) is 3. The van der Waals surface area contributed by atoms with Crippen LogP contribution in [0.3, 0.4) is 0 Å². The van der Waals surface area contributed by atoms with E-state index in [1.165, 1.54) is 12.8 Å². The molecule has 5 heteroatoms. The highest BCUT2D eigenvalue weighted by Gasteiger charge is 2.31. The summed E-state index contributed by atoms with van der Waals surface area (Å²) in [5.74, 6) is 1.49. The molecule has 0 saturated heterocycles.